The highest BCUT2D eigenvalue weighted by Crippen LogP contribution is 2.29. The van der Waals surface area contributed by atoms with E-state index in [0.717, 1.165) is 12.7 Å². The van der Waals surface area contributed by atoms with Crippen LogP contribution in [0.1, 0.15) is 60.1 Å². The minimum Gasteiger partial charge on any atom is -0.394 e. The number of aliphatic hydroxyl groups excluding tert-OH is 1. The molecule has 1 fully saturated rings. The van der Waals surface area contributed by atoms with Crippen molar-refractivity contribution in [3.8, 4) is 0 Å². The Bertz CT molecular complexity index is 845. The standard InChI is InChI=1S/C14H19N5O4.C3H8.C2H4O/c1-7(2)12(21)17-14-16-11-10(13(22)18-14)15-6-19(11)9-4-3-8(5-20)23-9;1-3-2;1-2-3/h6-9,20H,3-5H2,1-2H3,(H2,16,17,18,21,22);3H2,1-2H3;2H,1H3/t8-,9?;;/m0../s1. The molecule has 0 aliphatic carbocycles. The molecule has 2 aromatic rings. The summed E-state index contributed by atoms with van der Waals surface area (Å²) < 4.78 is 7.35. The number of nitrogens with zero attached hydrogens (tertiary/aromatic N) is 3. The van der Waals surface area contributed by atoms with Crippen molar-refractivity contribution in [2.45, 2.75) is 66.2 Å². The number of amides is 1. The van der Waals surface area contributed by atoms with Crippen molar-refractivity contribution in [3.63, 3.8) is 0 Å². The largest absolute Gasteiger partial charge is 0.394 e. The van der Waals surface area contributed by atoms with Crippen LogP contribution in [-0.2, 0) is 14.3 Å². The topological polar surface area (TPSA) is 139 Å². The maximum absolute atomic E-state index is 12.1. The molecule has 0 radical (unpaired) electrons. The van der Waals surface area contributed by atoms with E-state index in [2.05, 4.69) is 34.1 Å². The molecule has 1 aliphatic rings. The number of aromatic nitrogens is 4. The van der Waals surface area contributed by atoms with Crippen LogP contribution in [0.4, 0.5) is 5.95 Å². The summed E-state index contributed by atoms with van der Waals surface area (Å²) in [4.78, 5) is 43.5. The predicted octanol–water partition coefficient (Wildman–Crippen LogP) is 2.01. The number of anilines is 1. The Balaban J connectivity index is 0.000000626. The molecule has 2 atom stereocenters. The lowest BCUT2D eigenvalue weighted by Crippen LogP contribution is -2.22. The highest BCUT2D eigenvalue weighted by Gasteiger charge is 2.28. The first-order valence-corrected chi connectivity index (χ1v) is 9.76. The van der Waals surface area contributed by atoms with Gasteiger partial charge in [0.1, 0.15) is 12.5 Å². The van der Waals surface area contributed by atoms with Crippen LogP contribution in [0.25, 0.3) is 11.2 Å². The van der Waals surface area contributed by atoms with Crippen LogP contribution in [0.3, 0.4) is 0 Å². The third kappa shape index (κ3) is 6.75. The minimum atomic E-state index is -0.426. The third-order valence-electron chi connectivity index (χ3n) is 3.80. The highest BCUT2D eigenvalue weighted by molar-refractivity contribution is 5.91. The number of fused-ring (bicyclic) bond motifs is 1. The van der Waals surface area contributed by atoms with Crippen LogP contribution >= 0.6 is 0 Å². The first kappa shape index (κ1) is 24.4. The predicted molar refractivity (Wildman–Crippen MR) is 110 cm³/mol. The highest BCUT2D eigenvalue weighted by atomic mass is 16.5. The van der Waals surface area contributed by atoms with Crippen molar-refractivity contribution >= 4 is 29.3 Å². The number of aldehydes is 1. The molecule has 3 N–H and O–H groups in total. The number of ether oxygens (including phenoxy) is 1. The molecular weight excluding hydrogens is 378 g/mol. The number of hydrogen-bond donors (Lipinski definition) is 3. The van der Waals surface area contributed by atoms with Gasteiger partial charge in [0.2, 0.25) is 11.9 Å². The van der Waals surface area contributed by atoms with E-state index in [9.17, 15) is 9.59 Å². The zero-order valence-corrected chi connectivity index (χ0v) is 17.6. The van der Waals surface area contributed by atoms with E-state index in [1.54, 1.807) is 18.4 Å². The maximum Gasteiger partial charge on any atom is 0.280 e. The first-order valence-electron chi connectivity index (χ1n) is 9.76. The summed E-state index contributed by atoms with van der Waals surface area (Å²) >= 11 is 0. The van der Waals surface area contributed by atoms with Crippen LogP contribution in [-0.4, -0.2) is 49.5 Å². The van der Waals surface area contributed by atoms with Gasteiger partial charge >= 0.3 is 0 Å². The van der Waals surface area contributed by atoms with E-state index in [4.69, 9.17) is 14.6 Å². The van der Waals surface area contributed by atoms with Gasteiger partial charge in [0.05, 0.1) is 19.0 Å². The summed E-state index contributed by atoms with van der Waals surface area (Å²) in [7, 11) is 0. The zero-order valence-electron chi connectivity index (χ0n) is 17.6. The van der Waals surface area contributed by atoms with Gasteiger partial charge in [-0.15, -0.1) is 0 Å². The molecule has 1 saturated heterocycles. The van der Waals surface area contributed by atoms with Gasteiger partial charge in [-0.3, -0.25) is 24.5 Å². The van der Waals surface area contributed by atoms with Gasteiger partial charge in [0.15, 0.2) is 11.2 Å². The number of carbonyl (C=O) groups excluding carboxylic acids is 2. The molecule has 29 heavy (non-hydrogen) atoms. The monoisotopic (exact) mass is 409 g/mol. The lowest BCUT2D eigenvalue weighted by Gasteiger charge is -2.14. The molecule has 0 spiro atoms. The zero-order chi connectivity index (χ0) is 22.0. The van der Waals surface area contributed by atoms with Gasteiger partial charge in [-0.25, -0.2) is 4.98 Å². The van der Waals surface area contributed by atoms with Gasteiger partial charge in [-0.05, 0) is 19.8 Å². The van der Waals surface area contributed by atoms with Crippen molar-refractivity contribution in [1.82, 2.24) is 19.5 Å². The number of carbonyl (C=O) groups is 2. The molecule has 0 bridgehead atoms. The number of hydrogen-bond acceptors (Lipinski definition) is 7. The fourth-order valence-electron chi connectivity index (χ4n) is 2.48. The summed E-state index contributed by atoms with van der Waals surface area (Å²) in [6.45, 7) is 9.14. The van der Waals surface area contributed by atoms with Gasteiger partial charge in [-0.2, -0.15) is 4.98 Å². The van der Waals surface area contributed by atoms with E-state index < -0.39 is 5.56 Å². The number of aromatic amines is 1. The molecule has 1 unspecified atom stereocenters. The maximum atomic E-state index is 12.1. The van der Waals surface area contributed by atoms with Crippen molar-refractivity contribution in [2.75, 3.05) is 11.9 Å². The molecule has 0 aromatic carbocycles. The first-order chi connectivity index (χ1) is 13.8. The second-order valence-electron chi connectivity index (χ2n) is 6.80. The molecule has 10 nitrogen and oxygen atoms in total. The normalized spacial score (nSPS) is 17.9. The van der Waals surface area contributed by atoms with Crippen molar-refractivity contribution in [1.29, 1.82) is 0 Å². The number of imidazole rings is 1. The molecule has 1 aliphatic heterocycles. The number of rotatable bonds is 4. The fraction of sp³-hybridized carbons (Fsp3) is 0.632. The quantitative estimate of drug-likeness (QED) is 0.656. The second kappa shape index (κ2) is 12.1. The SMILES string of the molecule is CC(C)C(=O)Nc1nc2c(ncn2C2CC[C@@H](CO)O2)c(=O)[nH]1.CC=O.CCC. The average molecular weight is 409 g/mol. The molecule has 3 heterocycles. The lowest BCUT2D eigenvalue weighted by molar-refractivity contribution is -0.119. The molecule has 162 valence electrons. The Morgan fingerprint density at radius 2 is 2.07 bits per heavy atom. The molecule has 0 saturated carbocycles. The van der Waals surface area contributed by atoms with E-state index >= 15 is 0 Å². The van der Waals surface area contributed by atoms with Crippen LogP contribution < -0.4 is 10.9 Å². The molecule has 1 amide bonds. The van der Waals surface area contributed by atoms with Crippen molar-refractivity contribution in [2.24, 2.45) is 5.92 Å². The molecule has 10 heteroatoms. The van der Waals surface area contributed by atoms with Crippen molar-refractivity contribution in [3.05, 3.63) is 16.7 Å². The summed E-state index contributed by atoms with van der Waals surface area (Å²) in [6.07, 6.45) is 4.35. The third-order valence-corrected chi connectivity index (χ3v) is 3.80. The summed E-state index contributed by atoms with van der Waals surface area (Å²) in [5.41, 5.74) is 0.101. The summed E-state index contributed by atoms with van der Waals surface area (Å²) in [6, 6.07) is 0. The fourth-order valence-corrected chi connectivity index (χ4v) is 2.48. The van der Waals surface area contributed by atoms with Crippen LogP contribution in [0.15, 0.2) is 11.1 Å². The number of aliphatic hydroxyl groups is 1. The second-order valence-corrected chi connectivity index (χ2v) is 6.80. The Labute approximate surface area is 169 Å². The smallest absolute Gasteiger partial charge is 0.280 e. The molecular formula is C19H31N5O5. The molecule has 2 aromatic heterocycles. The number of H-pyrrole nitrogens is 1. The van der Waals surface area contributed by atoms with E-state index in [0.29, 0.717) is 12.1 Å². The van der Waals surface area contributed by atoms with Gasteiger partial charge in [0.25, 0.3) is 5.56 Å². The summed E-state index contributed by atoms with van der Waals surface area (Å²) in [5, 5.41) is 11.7. The Hall–Kier alpha value is -2.59. The van der Waals surface area contributed by atoms with Crippen LogP contribution in [0.5, 0.6) is 0 Å². The Morgan fingerprint density at radius 1 is 1.45 bits per heavy atom. The van der Waals surface area contributed by atoms with Gasteiger partial charge in [0, 0.05) is 5.92 Å². The molecule has 3 rings (SSSR count). The summed E-state index contributed by atoms with van der Waals surface area (Å²) in [5.74, 6) is -0.389. The van der Waals surface area contributed by atoms with E-state index in [1.165, 1.54) is 19.7 Å². The Morgan fingerprint density at radius 3 is 2.59 bits per heavy atom. The van der Waals surface area contributed by atoms with Gasteiger partial charge in [-0.1, -0.05) is 34.1 Å². The van der Waals surface area contributed by atoms with Crippen LogP contribution in [0.2, 0.25) is 0 Å². The minimum absolute atomic E-state index is 0.0488. The number of nitrogens with one attached hydrogen (secondary N) is 2. The van der Waals surface area contributed by atoms with Gasteiger partial charge < -0.3 is 14.6 Å². The van der Waals surface area contributed by atoms with Crippen LogP contribution in [0, 0.1) is 5.92 Å². The van der Waals surface area contributed by atoms with E-state index in [1.807, 2.05) is 0 Å². The van der Waals surface area contributed by atoms with E-state index in [-0.39, 0.29) is 42.2 Å². The average Bonchev–Trinajstić information content (AvgIpc) is 3.29. The lowest BCUT2D eigenvalue weighted by atomic mass is 10.2. The Kier molecular flexibility index (Phi) is 10.2. The van der Waals surface area contributed by atoms with Crippen molar-refractivity contribution < 1.29 is 19.4 Å².